The Bertz CT molecular complexity index is 1110. The fourth-order valence-corrected chi connectivity index (χ4v) is 4.62. The molecule has 36 heavy (non-hydrogen) atoms. The van der Waals surface area contributed by atoms with Gasteiger partial charge in [0.15, 0.2) is 0 Å². The monoisotopic (exact) mass is 494 g/mol. The van der Waals surface area contributed by atoms with E-state index < -0.39 is 0 Å². The van der Waals surface area contributed by atoms with Gasteiger partial charge in [-0.1, -0.05) is 31.2 Å². The number of morpholine rings is 1. The van der Waals surface area contributed by atoms with Gasteiger partial charge >= 0.3 is 0 Å². The van der Waals surface area contributed by atoms with Crippen molar-refractivity contribution in [3.63, 3.8) is 0 Å². The summed E-state index contributed by atoms with van der Waals surface area (Å²) in [6.07, 6.45) is 0.852. The SMILES string of the molecule is CCC(=O)N(CCN1CCOCC1)CC(=O)N1N=C(c2ccc(C)c(C)c2)C[C@H]1c1ccc(F)cc1. The first kappa shape index (κ1) is 26.0. The van der Waals surface area contributed by atoms with E-state index in [1.165, 1.54) is 22.7 Å². The summed E-state index contributed by atoms with van der Waals surface area (Å²) in [6.45, 7) is 10.1. The highest BCUT2D eigenvalue weighted by Gasteiger charge is 2.34. The maximum atomic E-state index is 13.6. The highest BCUT2D eigenvalue weighted by Crippen LogP contribution is 2.33. The van der Waals surface area contributed by atoms with Crippen LogP contribution in [0.25, 0.3) is 0 Å². The van der Waals surface area contributed by atoms with Gasteiger partial charge in [-0.3, -0.25) is 14.5 Å². The van der Waals surface area contributed by atoms with Crippen molar-refractivity contribution < 1.29 is 18.7 Å². The Morgan fingerprint density at radius 3 is 2.47 bits per heavy atom. The minimum Gasteiger partial charge on any atom is -0.379 e. The topological polar surface area (TPSA) is 65.5 Å². The molecule has 2 heterocycles. The zero-order chi connectivity index (χ0) is 25.7. The van der Waals surface area contributed by atoms with E-state index in [1.807, 2.05) is 13.0 Å². The van der Waals surface area contributed by atoms with Crippen molar-refractivity contribution in [2.75, 3.05) is 45.9 Å². The van der Waals surface area contributed by atoms with Crippen molar-refractivity contribution in [2.45, 2.75) is 39.7 Å². The van der Waals surface area contributed by atoms with E-state index in [0.717, 1.165) is 35.5 Å². The number of hydrogen-bond acceptors (Lipinski definition) is 5. The van der Waals surface area contributed by atoms with Crippen LogP contribution in [-0.2, 0) is 14.3 Å². The van der Waals surface area contributed by atoms with Crippen LogP contribution >= 0.6 is 0 Å². The Kier molecular flexibility index (Phi) is 8.48. The third-order valence-corrected chi connectivity index (χ3v) is 7.03. The van der Waals surface area contributed by atoms with E-state index in [1.54, 1.807) is 17.0 Å². The van der Waals surface area contributed by atoms with Gasteiger partial charge in [-0.05, 0) is 54.3 Å². The normalized spacial score (nSPS) is 18.3. The first-order chi connectivity index (χ1) is 17.4. The maximum Gasteiger partial charge on any atom is 0.262 e. The lowest BCUT2D eigenvalue weighted by Crippen LogP contribution is -2.46. The van der Waals surface area contributed by atoms with E-state index >= 15 is 0 Å². The highest BCUT2D eigenvalue weighted by atomic mass is 19.1. The van der Waals surface area contributed by atoms with Gasteiger partial charge in [0.25, 0.3) is 5.91 Å². The standard InChI is InChI=1S/C28H35FN4O3/c1-4-27(34)32(12-11-31-13-15-36-16-14-31)19-28(35)33-26(22-7-9-24(29)10-8-22)18-25(30-33)23-6-5-20(2)21(3)17-23/h5-10,17,26H,4,11-16,18-19H2,1-3H3/t26-/m0/s1. The molecule has 2 aromatic carbocycles. The smallest absolute Gasteiger partial charge is 0.262 e. The molecule has 1 saturated heterocycles. The number of nitrogens with zero attached hydrogens (tertiary/aromatic N) is 4. The third kappa shape index (κ3) is 6.17. The van der Waals surface area contributed by atoms with Gasteiger partial charge in [0.1, 0.15) is 12.4 Å². The summed E-state index contributed by atoms with van der Waals surface area (Å²) in [6, 6.07) is 12.0. The summed E-state index contributed by atoms with van der Waals surface area (Å²) in [7, 11) is 0. The summed E-state index contributed by atoms with van der Waals surface area (Å²) < 4.78 is 19.0. The highest BCUT2D eigenvalue weighted by molar-refractivity contribution is 6.03. The molecule has 1 fully saturated rings. The minimum absolute atomic E-state index is 0.0432. The van der Waals surface area contributed by atoms with Crippen LogP contribution in [-0.4, -0.2) is 78.3 Å². The Morgan fingerprint density at radius 2 is 1.81 bits per heavy atom. The lowest BCUT2D eigenvalue weighted by molar-refractivity contribution is -0.141. The average molecular weight is 495 g/mol. The predicted molar refractivity (Wildman–Crippen MR) is 137 cm³/mol. The van der Waals surface area contributed by atoms with Gasteiger partial charge in [0.05, 0.1) is 25.0 Å². The number of hydrazone groups is 1. The Balaban J connectivity index is 1.56. The van der Waals surface area contributed by atoms with Crippen LogP contribution in [0.3, 0.4) is 0 Å². The van der Waals surface area contributed by atoms with Crippen LogP contribution in [0.15, 0.2) is 47.6 Å². The van der Waals surface area contributed by atoms with Crippen LogP contribution in [0.1, 0.15) is 48.1 Å². The number of carbonyl (C=O) groups excluding carboxylic acids is 2. The van der Waals surface area contributed by atoms with Crippen molar-refractivity contribution in [3.8, 4) is 0 Å². The summed E-state index contributed by atoms with van der Waals surface area (Å²) >= 11 is 0. The molecule has 192 valence electrons. The second-order valence-corrected chi connectivity index (χ2v) is 9.48. The number of rotatable bonds is 8. The van der Waals surface area contributed by atoms with Crippen molar-refractivity contribution in [1.82, 2.24) is 14.8 Å². The zero-order valence-corrected chi connectivity index (χ0v) is 21.4. The summed E-state index contributed by atoms with van der Waals surface area (Å²) in [5, 5.41) is 6.23. The van der Waals surface area contributed by atoms with Crippen LogP contribution in [0.2, 0.25) is 0 Å². The van der Waals surface area contributed by atoms with Gasteiger partial charge in [0, 0.05) is 39.0 Å². The molecule has 2 aliphatic rings. The lowest BCUT2D eigenvalue weighted by atomic mass is 9.96. The fraction of sp³-hybridized carbons (Fsp3) is 0.464. The van der Waals surface area contributed by atoms with Crippen molar-refractivity contribution in [3.05, 3.63) is 70.5 Å². The van der Waals surface area contributed by atoms with Gasteiger partial charge in [-0.25, -0.2) is 9.40 Å². The summed E-state index contributed by atoms with van der Waals surface area (Å²) in [5.41, 5.74) is 4.93. The molecule has 0 spiro atoms. The molecule has 0 aliphatic carbocycles. The Morgan fingerprint density at radius 1 is 1.08 bits per heavy atom. The largest absolute Gasteiger partial charge is 0.379 e. The molecule has 2 aliphatic heterocycles. The van der Waals surface area contributed by atoms with E-state index in [0.29, 0.717) is 39.1 Å². The van der Waals surface area contributed by atoms with Crippen LogP contribution < -0.4 is 0 Å². The molecule has 0 aromatic heterocycles. The number of carbonyl (C=O) groups is 2. The molecule has 0 radical (unpaired) electrons. The fourth-order valence-electron chi connectivity index (χ4n) is 4.62. The summed E-state index contributed by atoms with van der Waals surface area (Å²) in [5.74, 6) is -0.632. The Labute approximate surface area is 212 Å². The maximum absolute atomic E-state index is 13.6. The van der Waals surface area contributed by atoms with E-state index in [-0.39, 0.29) is 30.2 Å². The molecule has 0 saturated carbocycles. The van der Waals surface area contributed by atoms with Gasteiger partial charge in [-0.15, -0.1) is 0 Å². The molecule has 0 bridgehead atoms. The molecule has 7 nitrogen and oxygen atoms in total. The second-order valence-electron chi connectivity index (χ2n) is 9.48. The minimum atomic E-state index is -0.354. The van der Waals surface area contributed by atoms with E-state index in [4.69, 9.17) is 9.84 Å². The molecule has 1 atom stereocenters. The Hall–Kier alpha value is -3.10. The van der Waals surface area contributed by atoms with Crippen molar-refractivity contribution in [2.24, 2.45) is 5.10 Å². The quantitative estimate of drug-likeness (QED) is 0.562. The first-order valence-corrected chi connectivity index (χ1v) is 12.7. The molecule has 4 rings (SSSR count). The van der Waals surface area contributed by atoms with Crippen molar-refractivity contribution >= 4 is 17.5 Å². The van der Waals surface area contributed by atoms with Crippen LogP contribution in [0.5, 0.6) is 0 Å². The van der Waals surface area contributed by atoms with E-state index in [9.17, 15) is 14.0 Å². The van der Waals surface area contributed by atoms with Gasteiger partial charge in [-0.2, -0.15) is 5.10 Å². The lowest BCUT2D eigenvalue weighted by Gasteiger charge is -2.31. The molecule has 0 unspecified atom stereocenters. The number of halogens is 1. The van der Waals surface area contributed by atoms with Crippen molar-refractivity contribution in [1.29, 1.82) is 0 Å². The van der Waals surface area contributed by atoms with Crippen LogP contribution in [0, 0.1) is 19.7 Å². The number of hydrogen-bond donors (Lipinski definition) is 0. The van der Waals surface area contributed by atoms with Gasteiger partial charge in [0.2, 0.25) is 5.91 Å². The molecule has 2 amide bonds. The molecule has 2 aromatic rings. The number of benzene rings is 2. The predicted octanol–water partition coefficient (Wildman–Crippen LogP) is 3.69. The first-order valence-electron chi connectivity index (χ1n) is 12.7. The summed E-state index contributed by atoms with van der Waals surface area (Å²) in [4.78, 5) is 30.2. The molecular weight excluding hydrogens is 459 g/mol. The van der Waals surface area contributed by atoms with Gasteiger partial charge < -0.3 is 9.64 Å². The zero-order valence-electron chi connectivity index (χ0n) is 21.4. The molecule has 0 N–H and O–H groups in total. The number of amides is 2. The van der Waals surface area contributed by atoms with E-state index in [2.05, 4.69) is 30.9 Å². The number of ether oxygens (including phenoxy) is 1. The third-order valence-electron chi connectivity index (χ3n) is 7.03. The van der Waals surface area contributed by atoms with Crippen LogP contribution in [0.4, 0.5) is 4.39 Å². The second kappa shape index (κ2) is 11.8. The molecular formula is C28H35FN4O3. The average Bonchev–Trinajstić information content (AvgIpc) is 3.34. The molecule has 8 heteroatoms. The number of aryl methyl sites for hydroxylation is 2.